The minimum absolute atomic E-state index is 0.207. The molecule has 2 rings (SSSR count). The van der Waals surface area contributed by atoms with Crippen molar-refractivity contribution < 1.29 is 14.7 Å². The Hall–Kier alpha value is -2.27. The molecule has 0 aliphatic carbocycles. The minimum Gasteiger partial charge on any atom is -0.479 e. The molecule has 23 heavy (non-hydrogen) atoms. The van der Waals surface area contributed by atoms with Crippen LogP contribution >= 0.6 is 11.6 Å². The Labute approximate surface area is 139 Å². The zero-order chi connectivity index (χ0) is 17.2. The number of aliphatic carboxylic acids is 1. The number of rotatable bonds is 5. The highest BCUT2D eigenvalue weighted by Gasteiger charge is 2.40. The van der Waals surface area contributed by atoms with E-state index in [4.69, 9.17) is 11.6 Å². The lowest BCUT2D eigenvalue weighted by Crippen LogP contribution is -2.51. The second-order valence-electron chi connectivity index (χ2n) is 5.44. The summed E-state index contributed by atoms with van der Waals surface area (Å²) >= 11 is 5.87. The van der Waals surface area contributed by atoms with E-state index in [-0.39, 0.29) is 6.42 Å². The van der Waals surface area contributed by atoms with Gasteiger partial charge in [-0.05, 0) is 43.2 Å². The topological polar surface area (TPSA) is 71.3 Å². The van der Waals surface area contributed by atoms with Gasteiger partial charge in [-0.25, -0.2) is 4.79 Å². The highest BCUT2D eigenvalue weighted by molar-refractivity contribution is 6.30. The first kappa shape index (κ1) is 17.1. The highest BCUT2D eigenvalue weighted by Crippen LogP contribution is 2.27. The van der Waals surface area contributed by atoms with Gasteiger partial charge in [0.05, 0.1) is 0 Å². The molecule has 1 atom stereocenters. The van der Waals surface area contributed by atoms with Crippen LogP contribution in [-0.2, 0) is 17.4 Å². The summed E-state index contributed by atoms with van der Waals surface area (Å²) < 4.78 is 1.72. The summed E-state index contributed by atoms with van der Waals surface area (Å²) in [5, 5.41) is 13.0. The molecule has 1 aromatic heterocycles. The third-order valence-electron chi connectivity index (χ3n) is 4.16. The first-order valence-corrected chi connectivity index (χ1v) is 7.64. The number of aryl methyl sites for hydroxylation is 1. The number of carboxylic acid groups (broad SMARTS) is 1. The van der Waals surface area contributed by atoms with E-state index in [0.717, 1.165) is 5.69 Å². The fourth-order valence-electron chi connectivity index (χ4n) is 2.53. The monoisotopic (exact) mass is 334 g/mol. The molecule has 0 aliphatic heterocycles. The zero-order valence-corrected chi connectivity index (χ0v) is 14.0. The predicted molar refractivity (Wildman–Crippen MR) is 88.7 cm³/mol. The Morgan fingerprint density at radius 2 is 1.83 bits per heavy atom. The molecule has 1 heterocycles. The average molecular weight is 335 g/mol. The second-order valence-corrected chi connectivity index (χ2v) is 5.88. The number of hydrogen-bond donors (Lipinski definition) is 2. The molecule has 2 aromatic rings. The van der Waals surface area contributed by atoms with Crippen molar-refractivity contribution in [3.63, 3.8) is 0 Å². The predicted octanol–water partition coefficient (Wildman–Crippen LogP) is 3.11. The lowest BCUT2D eigenvalue weighted by Gasteiger charge is -2.30. The minimum atomic E-state index is -1.50. The van der Waals surface area contributed by atoms with E-state index >= 15 is 0 Å². The Kier molecular flexibility index (Phi) is 4.80. The molecule has 0 bridgehead atoms. The van der Waals surface area contributed by atoms with Crippen molar-refractivity contribution in [1.29, 1.82) is 0 Å². The number of amides is 1. The van der Waals surface area contributed by atoms with Gasteiger partial charge in [0, 0.05) is 17.8 Å². The maximum atomic E-state index is 12.6. The molecular weight excluding hydrogens is 316 g/mol. The van der Waals surface area contributed by atoms with Crippen molar-refractivity contribution in [2.75, 3.05) is 0 Å². The van der Waals surface area contributed by atoms with Crippen molar-refractivity contribution >= 4 is 23.5 Å². The molecule has 0 saturated heterocycles. The van der Waals surface area contributed by atoms with E-state index in [1.165, 1.54) is 0 Å². The van der Waals surface area contributed by atoms with Gasteiger partial charge in [-0.1, -0.05) is 30.7 Å². The molecule has 0 spiro atoms. The van der Waals surface area contributed by atoms with Crippen molar-refractivity contribution in [1.82, 2.24) is 9.88 Å². The summed E-state index contributed by atoms with van der Waals surface area (Å²) in [4.78, 5) is 24.5. The average Bonchev–Trinajstić information content (AvgIpc) is 2.85. The summed E-state index contributed by atoms with van der Waals surface area (Å²) in [5.74, 6) is -1.54. The summed E-state index contributed by atoms with van der Waals surface area (Å²) in [6, 6.07) is 9.96. The maximum Gasteiger partial charge on any atom is 0.334 e. The smallest absolute Gasteiger partial charge is 0.334 e. The molecule has 2 N–H and O–H groups in total. The summed E-state index contributed by atoms with van der Waals surface area (Å²) in [6.45, 7) is 3.60. The molecule has 1 amide bonds. The van der Waals surface area contributed by atoms with Gasteiger partial charge < -0.3 is 15.0 Å². The first-order chi connectivity index (χ1) is 10.8. The second kappa shape index (κ2) is 6.46. The third-order valence-corrected chi connectivity index (χ3v) is 4.42. The molecule has 0 radical (unpaired) electrons. The van der Waals surface area contributed by atoms with Crippen LogP contribution in [0.1, 0.15) is 35.1 Å². The van der Waals surface area contributed by atoms with Crippen LogP contribution < -0.4 is 5.32 Å². The van der Waals surface area contributed by atoms with Crippen LogP contribution in [0.5, 0.6) is 0 Å². The van der Waals surface area contributed by atoms with Crippen LogP contribution in [0.3, 0.4) is 0 Å². The van der Waals surface area contributed by atoms with Gasteiger partial charge in [0.25, 0.3) is 5.91 Å². The number of hydrogen-bond acceptors (Lipinski definition) is 2. The van der Waals surface area contributed by atoms with E-state index in [1.807, 2.05) is 13.0 Å². The molecule has 0 saturated carbocycles. The van der Waals surface area contributed by atoms with Gasteiger partial charge in [-0.2, -0.15) is 0 Å². The fraction of sp³-hybridized carbons (Fsp3) is 0.294. The van der Waals surface area contributed by atoms with Crippen LogP contribution in [0.4, 0.5) is 0 Å². The van der Waals surface area contributed by atoms with E-state index in [1.54, 1.807) is 48.9 Å². The molecule has 1 unspecified atom stereocenters. The summed E-state index contributed by atoms with van der Waals surface area (Å²) in [7, 11) is 1.76. The number of carbonyl (C=O) groups excluding carboxylic acids is 1. The highest BCUT2D eigenvalue weighted by atomic mass is 35.5. The SMILES string of the molecule is CCC(NC(=O)c1ccc(C)n1C)(C(=O)O)c1ccc(Cl)cc1. The number of aromatic nitrogens is 1. The van der Waals surface area contributed by atoms with E-state index in [2.05, 4.69) is 5.32 Å². The molecular formula is C17H19ClN2O3. The normalized spacial score (nSPS) is 13.4. The van der Waals surface area contributed by atoms with Crippen molar-refractivity contribution in [2.24, 2.45) is 7.05 Å². The van der Waals surface area contributed by atoms with Gasteiger partial charge in [0.2, 0.25) is 0 Å². The maximum absolute atomic E-state index is 12.6. The van der Waals surface area contributed by atoms with Crippen molar-refractivity contribution in [3.8, 4) is 0 Å². The third kappa shape index (κ3) is 3.10. The van der Waals surface area contributed by atoms with Gasteiger partial charge in [0.15, 0.2) is 5.54 Å². The van der Waals surface area contributed by atoms with Crippen molar-refractivity contribution in [2.45, 2.75) is 25.8 Å². The molecule has 1 aromatic carbocycles. The molecule has 6 heteroatoms. The Morgan fingerprint density at radius 3 is 2.26 bits per heavy atom. The van der Waals surface area contributed by atoms with E-state index in [9.17, 15) is 14.7 Å². The van der Waals surface area contributed by atoms with Gasteiger partial charge in [0.1, 0.15) is 5.69 Å². The van der Waals surface area contributed by atoms with Crippen LogP contribution in [0.2, 0.25) is 5.02 Å². The fourth-order valence-corrected chi connectivity index (χ4v) is 2.65. The van der Waals surface area contributed by atoms with Gasteiger partial charge in [-0.3, -0.25) is 4.79 Å². The van der Waals surface area contributed by atoms with E-state index in [0.29, 0.717) is 16.3 Å². The van der Waals surface area contributed by atoms with Crippen LogP contribution in [-0.4, -0.2) is 21.6 Å². The quantitative estimate of drug-likeness (QED) is 0.882. The number of halogens is 1. The molecule has 0 aliphatic rings. The molecule has 0 fully saturated rings. The Balaban J connectivity index is 2.43. The van der Waals surface area contributed by atoms with Crippen LogP contribution in [0.25, 0.3) is 0 Å². The number of nitrogens with zero attached hydrogens (tertiary/aromatic N) is 1. The van der Waals surface area contributed by atoms with Crippen LogP contribution in [0, 0.1) is 6.92 Å². The number of carboxylic acids is 1. The lowest BCUT2D eigenvalue weighted by molar-refractivity contribution is -0.145. The van der Waals surface area contributed by atoms with E-state index < -0.39 is 17.4 Å². The largest absolute Gasteiger partial charge is 0.479 e. The standard InChI is InChI=1S/C17H19ClN2O3/c1-4-17(16(22)23,12-6-8-13(18)9-7-12)19-15(21)14-10-5-11(2)20(14)3/h5-10H,4H2,1-3H3,(H,19,21)(H,22,23). The van der Waals surface area contributed by atoms with Gasteiger partial charge in [-0.15, -0.1) is 0 Å². The lowest BCUT2D eigenvalue weighted by atomic mass is 9.87. The Morgan fingerprint density at radius 1 is 1.22 bits per heavy atom. The number of benzene rings is 1. The van der Waals surface area contributed by atoms with Crippen LogP contribution in [0.15, 0.2) is 36.4 Å². The first-order valence-electron chi connectivity index (χ1n) is 7.26. The summed E-state index contributed by atoms with van der Waals surface area (Å²) in [5.41, 5.74) is 0.311. The van der Waals surface area contributed by atoms with Gasteiger partial charge >= 0.3 is 5.97 Å². The zero-order valence-electron chi connectivity index (χ0n) is 13.3. The number of nitrogens with one attached hydrogen (secondary N) is 1. The number of carbonyl (C=O) groups is 2. The molecule has 5 nitrogen and oxygen atoms in total. The van der Waals surface area contributed by atoms with Crippen molar-refractivity contribution in [3.05, 3.63) is 58.4 Å². The summed E-state index contributed by atoms with van der Waals surface area (Å²) in [6.07, 6.45) is 0.207. The molecule has 122 valence electrons. The Bertz CT molecular complexity index is 737.